The highest BCUT2D eigenvalue weighted by Gasteiger charge is 2.40. The number of carbonyl (C=O) groups is 3. The normalized spacial score (nSPS) is 14.7. The number of amides is 3. The fourth-order valence-electron chi connectivity index (χ4n) is 4.70. The lowest BCUT2D eigenvalue weighted by molar-refractivity contribution is -0.133. The van der Waals surface area contributed by atoms with Crippen molar-refractivity contribution in [3.8, 4) is 0 Å². The van der Waals surface area contributed by atoms with E-state index in [0.29, 0.717) is 25.2 Å². The predicted molar refractivity (Wildman–Crippen MR) is 142 cm³/mol. The van der Waals surface area contributed by atoms with Gasteiger partial charge in [-0.25, -0.2) is 22.0 Å². The maximum Gasteiger partial charge on any atom is 0.245 e. The molecule has 0 spiro atoms. The summed E-state index contributed by atoms with van der Waals surface area (Å²) in [5.74, 6) is -12.5. The number of carbonyl (C=O) groups excluding carboxylic acids is 3. The number of fused-ring (bicyclic) bond motifs is 1. The van der Waals surface area contributed by atoms with Crippen molar-refractivity contribution in [2.45, 2.75) is 24.8 Å². The van der Waals surface area contributed by atoms with Crippen LogP contribution in [0.25, 0.3) is 16.8 Å². The van der Waals surface area contributed by atoms with Crippen molar-refractivity contribution in [2.75, 3.05) is 26.2 Å². The van der Waals surface area contributed by atoms with Crippen LogP contribution >= 0.6 is 0 Å². The molecule has 1 aliphatic rings. The van der Waals surface area contributed by atoms with Crippen LogP contribution in [-0.4, -0.2) is 49.4 Å². The van der Waals surface area contributed by atoms with Crippen molar-refractivity contribution < 1.29 is 36.3 Å². The average molecular weight is 575 g/mol. The van der Waals surface area contributed by atoms with E-state index in [1.165, 1.54) is 0 Å². The Morgan fingerprint density at radius 3 is 2.12 bits per heavy atom. The Bertz CT molecular complexity index is 1470. The average Bonchev–Trinajstić information content (AvgIpc) is 2.97. The summed E-state index contributed by atoms with van der Waals surface area (Å²) in [5, 5.41) is 13.0. The van der Waals surface area contributed by atoms with Crippen LogP contribution in [0.1, 0.15) is 24.0 Å². The number of nitrogens with one attached hydrogen (secondary N) is 4. The number of piperidine rings is 1. The summed E-state index contributed by atoms with van der Waals surface area (Å²) < 4.78 is 68.0. The molecule has 0 atom stereocenters. The Kier molecular flexibility index (Phi) is 9.33. The Hall–Kier alpha value is -4.32. The van der Waals surface area contributed by atoms with E-state index in [0.717, 1.165) is 16.3 Å². The number of hydrogen-bond donors (Lipinski definition) is 4. The van der Waals surface area contributed by atoms with E-state index in [1.54, 1.807) is 0 Å². The SMILES string of the molecule is O=C(/C=C/c1c(F)c(F)c(F)c(F)c1F)NC1(C(=O)NCCNC(=O)Cc2cccc3ccccc23)CCNCC1. The van der Waals surface area contributed by atoms with Crippen molar-refractivity contribution in [1.82, 2.24) is 21.3 Å². The Balaban J connectivity index is 1.34. The zero-order valence-corrected chi connectivity index (χ0v) is 21.8. The molecule has 1 heterocycles. The molecule has 216 valence electrons. The largest absolute Gasteiger partial charge is 0.354 e. The van der Waals surface area contributed by atoms with Gasteiger partial charge in [-0.2, -0.15) is 0 Å². The molecule has 3 amide bonds. The molecule has 7 nitrogen and oxygen atoms in total. The van der Waals surface area contributed by atoms with E-state index in [1.807, 2.05) is 42.5 Å². The van der Waals surface area contributed by atoms with Crippen molar-refractivity contribution in [3.05, 3.63) is 88.8 Å². The highest BCUT2D eigenvalue weighted by molar-refractivity contribution is 5.97. The molecule has 1 saturated heterocycles. The first-order valence-electron chi connectivity index (χ1n) is 12.9. The minimum absolute atomic E-state index is 0.0611. The fourth-order valence-corrected chi connectivity index (χ4v) is 4.70. The molecule has 3 aromatic rings. The van der Waals surface area contributed by atoms with Crippen LogP contribution in [0, 0.1) is 29.1 Å². The van der Waals surface area contributed by atoms with E-state index in [9.17, 15) is 36.3 Å². The second-order valence-electron chi connectivity index (χ2n) is 9.56. The van der Waals surface area contributed by atoms with Crippen LogP contribution in [0.2, 0.25) is 0 Å². The third-order valence-electron chi connectivity index (χ3n) is 6.86. The summed E-state index contributed by atoms with van der Waals surface area (Å²) in [6, 6.07) is 13.4. The van der Waals surface area contributed by atoms with Crippen molar-refractivity contribution >= 4 is 34.6 Å². The second-order valence-corrected chi connectivity index (χ2v) is 9.56. The molecule has 3 aromatic carbocycles. The van der Waals surface area contributed by atoms with Gasteiger partial charge >= 0.3 is 0 Å². The summed E-state index contributed by atoms with van der Waals surface area (Å²) in [6.07, 6.45) is 1.56. The summed E-state index contributed by atoms with van der Waals surface area (Å²) in [7, 11) is 0. The Morgan fingerprint density at radius 2 is 1.41 bits per heavy atom. The minimum Gasteiger partial charge on any atom is -0.354 e. The predicted octanol–water partition coefficient (Wildman–Crippen LogP) is 3.26. The molecule has 4 rings (SSSR count). The Labute approximate surface area is 232 Å². The number of rotatable bonds is 9. The molecule has 1 fully saturated rings. The van der Waals surface area contributed by atoms with Gasteiger partial charge in [0, 0.05) is 19.2 Å². The first-order chi connectivity index (χ1) is 19.6. The van der Waals surface area contributed by atoms with Gasteiger partial charge in [-0.15, -0.1) is 0 Å². The smallest absolute Gasteiger partial charge is 0.245 e. The molecular formula is C29H27F5N4O3. The van der Waals surface area contributed by atoms with Gasteiger partial charge in [0.2, 0.25) is 23.5 Å². The van der Waals surface area contributed by atoms with Crippen LogP contribution in [0.5, 0.6) is 0 Å². The van der Waals surface area contributed by atoms with E-state index in [4.69, 9.17) is 0 Å². The summed E-state index contributed by atoms with van der Waals surface area (Å²) in [6.45, 7) is 0.928. The zero-order chi connectivity index (χ0) is 29.6. The van der Waals surface area contributed by atoms with Crippen LogP contribution in [-0.2, 0) is 20.8 Å². The molecule has 0 saturated carbocycles. The van der Waals surface area contributed by atoms with Gasteiger partial charge < -0.3 is 21.3 Å². The molecule has 0 aliphatic carbocycles. The van der Waals surface area contributed by atoms with Gasteiger partial charge in [0.25, 0.3) is 0 Å². The summed E-state index contributed by atoms with van der Waals surface area (Å²) in [5.41, 5.74) is -1.81. The molecular weight excluding hydrogens is 547 g/mol. The molecule has 0 aromatic heterocycles. The van der Waals surface area contributed by atoms with Gasteiger partial charge in [0.05, 0.1) is 12.0 Å². The molecule has 0 unspecified atom stereocenters. The van der Waals surface area contributed by atoms with Crippen LogP contribution in [0.3, 0.4) is 0 Å². The molecule has 12 heteroatoms. The van der Waals surface area contributed by atoms with Crippen LogP contribution in [0.15, 0.2) is 48.5 Å². The molecule has 0 radical (unpaired) electrons. The fraction of sp³-hybridized carbons (Fsp3) is 0.276. The highest BCUT2D eigenvalue weighted by Crippen LogP contribution is 2.24. The molecule has 1 aliphatic heterocycles. The van der Waals surface area contributed by atoms with Crippen molar-refractivity contribution in [1.29, 1.82) is 0 Å². The topological polar surface area (TPSA) is 99.3 Å². The van der Waals surface area contributed by atoms with Crippen LogP contribution in [0.4, 0.5) is 22.0 Å². The summed E-state index contributed by atoms with van der Waals surface area (Å²) >= 11 is 0. The maximum absolute atomic E-state index is 13.9. The van der Waals surface area contributed by atoms with Gasteiger partial charge in [-0.1, -0.05) is 42.5 Å². The van der Waals surface area contributed by atoms with Crippen LogP contribution < -0.4 is 21.3 Å². The van der Waals surface area contributed by atoms with E-state index in [2.05, 4.69) is 21.3 Å². The van der Waals surface area contributed by atoms with Gasteiger partial charge in [0.1, 0.15) is 5.54 Å². The lowest BCUT2D eigenvalue weighted by Crippen LogP contribution is -2.63. The third kappa shape index (κ3) is 6.71. The molecule has 0 bridgehead atoms. The van der Waals surface area contributed by atoms with Gasteiger partial charge in [-0.05, 0) is 48.3 Å². The van der Waals surface area contributed by atoms with Crippen molar-refractivity contribution in [3.63, 3.8) is 0 Å². The summed E-state index contributed by atoms with van der Waals surface area (Å²) in [4.78, 5) is 38.2. The standard InChI is InChI=1S/C29H27F5N4O3/c30-23-20(24(31)26(33)27(34)25(23)32)8-9-21(39)38-29(10-12-35-13-11-29)28(41)37-15-14-36-22(40)16-18-6-3-5-17-4-1-2-7-19(17)18/h1-9,35H,10-16H2,(H,36,40)(H,37,41)(H,38,39)/b9-8+. The van der Waals surface area contributed by atoms with E-state index >= 15 is 0 Å². The molecule has 41 heavy (non-hydrogen) atoms. The highest BCUT2D eigenvalue weighted by atomic mass is 19.2. The van der Waals surface area contributed by atoms with E-state index in [-0.39, 0.29) is 38.3 Å². The third-order valence-corrected chi connectivity index (χ3v) is 6.86. The first kappa shape index (κ1) is 29.7. The number of halogens is 5. The number of hydrogen-bond acceptors (Lipinski definition) is 4. The zero-order valence-electron chi connectivity index (χ0n) is 21.8. The maximum atomic E-state index is 13.9. The first-order valence-corrected chi connectivity index (χ1v) is 12.9. The lowest BCUT2D eigenvalue weighted by Gasteiger charge is -2.36. The van der Waals surface area contributed by atoms with E-state index < -0.39 is 52.0 Å². The monoisotopic (exact) mass is 574 g/mol. The van der Waals surface area contributed by atoms with Crippen molar-refractivity contribution in [2.24, 2.45) is 0 Å². The Morgan fingerprint density at radius 1 is 0.805 bits per heavy atom. The number of benzene rings is 3. The van der Waals surface area contributed by atoms with Gasteiger partial charge in [0.15, 0.2) is 23.3 Å². The lowest BCUT2D eigenvalue weighted by atomic mass is 9.87. The van der Waals surface area contributed by atoms with Gasteiger partial charge in [-0.3, -0.25) is 14.4 Å². The molecule has 4 N–H and O–H groups in total. The minimum atomic E-state index is -2.31. The quantitative estimate of drug-likeness (QED) is 0.104. The second kappa shape index (κ2) is 12.9.